The lowest BCUT2D eigenvalue weighted by molar-refractivity contribution is -0.387. The first-order valence-corrected chi connectivity index (χ1v) is 6.02. The third-order valence-electron chi connectivity index (χ3n) is 3.02. The van der Waals surface area contributed by atoms with E-state index in [0.717, 1.165) is 6.07 Å². The Morgan fingerprint density at radius 1 is 1.33 bits per heavy atom. The van der Waals surface area contributed by atoms with Crippen molar-refractivity contribution in [2.75, 3.05) is 6.61 Å². The van der Waals surface area contributed by atoms with E-state index < -0.39 is 53.8 Å². The Morgan fingerprint density at radius 3 is 2.67 bits per heavy atom. The number of rotatable bonds is 4. The number of aliphatic hydroxyl groups excluding tert-OH is 4. The van der Waals surface area contributed by atoms with Crippen molar-refractivity contribution in [3.8, 4) is 5.88 Å². The fraction of sp³-hybridized carbons (Fsp3) is 0.545. The molecule has 4 N–H and O–H groups in total. The van der Waals surface area contributed by atoms with Crippen LogP contribution in [0.15, 0.2) is 18.3 Å². The van der Waals surface area contributed by atoms with Crippen LogP contribution in [0.5, 0.6) is 5.88 Å². The number of nitro groups is 1. The van der Waals surface area contributed by atoms with Gasteiger partial charge in [-0.25, -0.2) is 4.98 Å². The molecule has 1 fully saturated rings. The predicted octanol–water partition coefficient (Wildman–Crippen LogP) is -1.83. The van der Waals surface area contributed by atoms with Crippen LogP contribution in [-0.4, -0.2) is 67.6 Å². The van der Waals surface area contributed by atoms with Gasteiger partial charge in [0.15, 0.2) is 0 Å². The van der Waals surface area contributed by atoms with Crippen LogP contribution in [0.25, 0.3) is 0 Å². The van der Waals surface area contributed by atoms with Gasteiger partial charge in [0.25, 0.3) is 5.88 Å². The van der Waals surface area contributed by atoms with E-state index in [9.17, 15) is 25.4 Å². The highest BCUT2D eigenvalue weighted by Crippen LogP contribution is 2.28. The molecule has 10 heteroatoms. The molecular formula is C11H14N2O8. The zero-order valence-corrected chi connectivity index (χ0v) is 10.6. The maximum atomic E-state index is 10.8. The minimum absolute atomic E-state index is 0.410. The van der Waals surface area contributed by atoms with E-state index in [4.69, 9.17) is 14.6 Å². The molecule has 0 aromatic carbocycles. The molecule has 116 valence electrons. The molecule has 0 amide bonds. The van der Waals surface area contributed by atoms with Gasteiger partial charge in [-0.05, 0) is 6.07 Å². The minimum atomic E-state index is -1.66. The highest BCUT2D eigenvalue weighted by Gasteiger charge is 2.45. The number of ether oxygens (including phenoxy) is 2. The number of hydrogen-bond donors (Lipinski definition) is 4. The van der Waals surface area contributed by atoms with Crippen molar-refractivity contribution < 1.29 is 34.8 Å². The minimum Gasteiger partial charge on any atom is -0.440 e. The quantitative estimate of drug-likeness (QED) is 0.371. The molecule has 0 unspecified atom stereocenters. The van der Waals surface area contributed by atoms with Crippen LogP contribution in [0.2, 0.25) is 0 Å². The van der Waals surface area contributed by atoms with Crippen molar-refractivity contribution in [2.24, 2.45) is 0 Å². The molecule has 10 nitrogen and oxygen atoms in total. The van der Waals surface area contributed by atoms with E-state index in [0.29, 0.717) is 0 Å². The lowest BCUT2D eigenvalue weighted by Gasteiger charge is -2.39. The Kier molecular flexibility index (Phi) is 4.65. The second-order valence-electron chi connectivity index (χ2n) is 4.40. The van der Waals surface area contributed by atoms with E-state index in [1.54, 1.807) is 0 Å². The van der Waals surface area contributed by atoms with Gasteiger partial charge in [0.2, 0.25) is 6.29 Å². The molecule has 1 aromatic rings. The van der Waals surface area contributed by atoms with Crippen molar-refractivity contribution in [2.45, 2.75) is 30.7 Å². The van der Waals surface area contributed by atoms with E-state index >= 15 is 0 Å². The van der Waals surface area contributed by atoms with Gasteiger partial charge >= 0.3 is 5.69 Å². The second kappa shape index (κ2) is 6.28. The van der Waals surface area contributed by atoms with Gasteiger partial charge in [-0.15, -0.1) is 0 Å². The molecule has 2 heterocycles. The van der Waals surface area contributed by atoms with Crippen LogP contribution >= 0.6 is 0 Å². The summed E-state index contributed by atoms with van der Waals surface area (Å²) in [6.07, 6.45) is -6.28. The molecule has 0 aliphatic carbocycles. The Labute approximate surface area is 118 Å². The molecule has 1 aromatic heterocycles. The van der Waals surface area contributed by atoms with E-state index in [2.05, 4.69) is 4.98 Å². The summed E-state index contributed by atoms with van der Waals surface area (Å²) in [4.78, 5) is 13.8. The Bertz CT molecular complexity index is 511. The largest absolute Gasteiger partial charge is 0.440 e. The zero-order valence-electron chi connectivity index (χ0n) is 10.6. The average molecular weight is 302 g/mol. The van der Waals surface area contributed by atoms with Crippen LogP contribution in [0.4, 0.5) is 5.69 Å². The van der Waals surface area contributed by atoms with Crippen LogP contribution in [0, 0.1) is 10.1 Å². The predicted molar refractivity (Wildman–Crippen MR) is 65.3 cm³/mol. The molecule has 0 spiro atoms. The van der Waals surface area contributed by atoms with Crippen LogP contribution < -0.4 is 4.74 Å². The standard InChI is InChI=1S/C11H14N2O8/c14-4-6-7(15)8(16)9(17)11(20-6)21-10-5(13(18)19)2-1-3-12-10/h1-3,6-9,11,14-17H,4H2/t6-,7-,8+,9-,11+/m1/s1. The van der Waals surface area contributed by atoms with Gasteiger partial charge in [0, 0.05) is 12.3 Å². The summed E-state index contributed by atoms with van der Waals surface area (Å²) < 4.78 is 10.2. The summed E-state index contributed by atoms with van der Waals surface area (Å²) in [6, 6.07) is 2.48. The maximum Gasteiger partial charge on any atom is 0.331 e. The van der Waals surface area contributed by atoms with Crippen LogP contribution in [0.1, 0.15) is 0 Å². The first-order chi connectivity index (χ1) is 9.95. The lowest BCUT2D eigenvalue weighted by atomic mass is 9.99. The molecule has 21 heavy (non-hydrogen) atoms. The van der Waals surface area contributed by atoms with Crippen molar-refractivity contribution in [3.63, 3.8) is 0 Å². The fourth-order valence-electron chi connectivity index (χ4n) is 1.89. The summed E-state index contributed by atoms with van der Waals surface area (Å²) in [5, 5.41) is 48.9. The molecule has 0 saturated carbocycles. The van der Waals surface area contributed by atoms with Gasteiger partial charge in [-0.3, -0.25) is 10.1 Å². The third kappa shape index (κ3) is 3.09. The molecule has 1 saturated heterocycles. The topological polar surface area (TPSA) is 155 Å². The van der Waals surface area contributed by atoms with Crippen molar-refractivity contribution in [3.05, 3.63) is 28.4 Å². The monoisotopic (exact) mass is 302 g/mol. The number of hydrogen-bond acceptors (Lipinski definition) is 9. The van der Waals surface area contributed by atoms with E-state index in [1.807, 2.05) is 0 Å². The third-order valence-corrected chi connectivity index (χ3v) is 3.02. The number of pyridine rings is 1. The fourth-order valence-corrected chi connectivity index (χ4v) is 1.89. The number of aliphatic hydroxyl groups is 4. The van der Waals surface area contributed by atoms with E-state index in [-0.39, 0.29) is 0 Å². The molecular weight excluding hydrogens is 288 g/mol. The van der Waals surface area contributed by atoms with Gasteiger partial charge in [0.1, 0.15) is 24.4 Å². The van der Waals surface area contributed by atoms with Gasteiger partial charge in [-0.1, -0.05) is 0 Å². The molecule has 0 radical (unpaired) electrons. The number of aromatic nitrogens is 1. The lowest BCUT2D eigenvalue weighted by Crippen LogP contribution is -2.60. The second-order valence-corrected chi connectivity index (χ2v) is 4.40. The average Bonchev–Trinajstić information content (AvgIpc) is 2.48. The molecule has 5 atom stereocenters. The maximum absolute atomic E-state index is 10.8. The number of nitrogens with zero attached hydrogens (tertiary/aromatic N) is 2. The van der Waals surface area contributed by atoms with Gasteiger partial charge in [0.05, 0.1) is 11.5 Å². The highest BCUT2D eigenvalue weighted by molar-refractivity contribution is 5.39. The zero-order chi connectivity index (χ0) is 15.6. The summed E-state index contributed by atoms with van der Waals surface area (Å²) in [7, 11) is 0. The Balaban J connectivity index is 2.20. The van der Waals surface area contributed by atoms with Gasteiger partial charge in [-0.2, -0.15) is 0 Å². The van der Waals surface area contributed by atoms with Crippen molar-refractivity contribution >= 4 is 5.69 Å². The Hall–Kier alpha value is -1.85. The molecule has 1 aliphatic rings. The van der Waals surface area contributed by atoms with Crippen LogP contribution in [-0.2, 0) is 4.74 Å². The SMILES string of the molecule is O=[N+]([O-])c1cccnc1O[C@@H]1O[C@H](CO)[C@@H](O)[C@H](O)[C@H]1O. The molecule has 1 aliphatic heterocycles. The highest BCUT2D eigenvalue weighted by atomic mass is 16.7. The normalized spacial score (nSPS) is 32.7. The summed E-state index contributed by atoms with van der Waals surface area (Å²) in [6.45, 7) is -0.630. The summed E-state index contributed by atoms with van der Waals surface area (Å²) in [5.41, 5.74) is -0.450. The smallest absolute Gasteiger partial charge is 0.331 e. The molecule has 0 bridgehead atoms. The first kappa shape index (κ1) is 15.5. The first-order valence-electron chi connectivity index (χ1n) is 6.02. The Morgan fingerprint density at radius 2 is 2.05 bits per heavy atom. The van der Waals surface area contributed by atoms with E-state index in [1.165, 1.54) is 12.3 Å². The van der Waals surface area contributed by atoms with Crippen molar-refractivity contribution in [1.29, 1.82) is 0 Å². The van der Waals surface area contributed by atoms with Crippen LogP contribution in [0.3, 0.4) is 0 Å². The van der Waals surface area contributed by atoms with Gasteiger partial charge < -0.3 is 29.9 Å². The molecule has 2 rings (SSSR count). The van der Waals surface area contributed by atoms with Crippen molar-refractivity contribution in [1.82, 2.24) is 4.98 Å². The summed E-state index contributed by atoms with van der Waals surface area (Å²) >= 11 is 0. The summed E-state index contributed by atoms with van der Waals surface area (Å²) in [5.74, 6) is -0.410.